The lowest BCUT2D eigenvalue weighted by Crippen LogP contribution is -2.55. The Bertz CT molecular complexity index is 446. The van der Waals surface area contributed by atoms with E-state index in [4.69, 9.17) is 10.00 Å². The molecule has 1 atom stereocenters. The maximum Gasteiger partial charge on any atom is 0.239 e. The van der Waals surface area contributed by atoms with Crippen molar-refractivity contribution in [1.29, 1.82) is 5.26 Å². The molecule has 0 aromatic carbocycles. The van der Waals surface area contributed by atoms with Gasteiger partial charge >= 0.3 is 0 Å². The zero-order valence-corrected chi connectivity index (χ0v) is 15.5. The highest BCUT2D eigenvalue weighted by molar-refractivity contribution is 5.81. The monoisotopic (exact) mass is 336 g/mol. The summed E-state index contributed by atoms with van der Waals surface area (Å²) in [7, 11) is 0. The van der Waals surface area contributed by atoms with E-state index in [0.717, 1.165) is 58.7 Å². The zero-order valence-electron chi connectivity index (χ0n) is 15.5. The van der Waals surface area contributed by atoms with Crippen LogP contribution in [0.25, 0.3) is 0 Å². The molecule has 0 spiro atoms. The smallest absolute Gasteiger partial charge is 0.239 e. The molecule has 24 heavy (non-hydrogen) atoms. The maximum absolute atomic E-state index is 12.6. The topological polar surface area (TPSA) is 59.8 Å². The van der Waals surface area contributed by atoms with Crippen LogP contribution in [0.2, 0.25) is 0 Å². The molecule has 2 rings (SSSR count). The molecule has 0 aliphatic carbocycles. The van der Waals surface area contributed by atoms with Gasteiger partial charge in [-0.1, -0.05) is 0 Å². The molecule has 0 radical (unpaired) electrons. The van der Waals surface area contributed by atoms with Crippen molar-refractivity contribution in [1.82, 2.24) is 14.7 Å². The van der Waals surface area contributed by atoms with E-state index in [1.54, 1.807) is 0 Å². The van der Waals surface area contributed by atoms with E-state index in [1.165, 1.54) is 0 Å². The van der Waals surface area contributed by atoms with E-state index in [1.807, 2.05) is 25.7 Å². The van der Waals surface area contributed by atoms with Crippen LogP contribution < -0.4 is 0 Å². The molecule has 0 aromatic heterocycles. The molecular formula is C18H32N4O2. The number of nitrogens with zero attached hydrogens (tertiary/aromatic N) is 4. The fraction of sp³-hybridized carbons (Fsp3) is 0.889. The Labute approximate surface area is 146 Å². The van der Waals surface area contributed by atoms with Gasteiger partial charge < -0.3 is 14.5 Å². The predicted molar refractivity (Wildman–Crippen MR) is 93.5 cm³/mol. The van der Waals surface area contributed by atoms with Gasteiger partial charge in [0.1, 0.15) is 0 Å². The Morgan fingerprint density at radius 2 is 1.79 bits per heavy atom. The van der Waals surface area contributed by atoms with Crippen molar-refractivity contribution in [3.63, 3.8) is 0 Å². The minimum atomic E-state index is -0.221. The van der Waals surface area contributed by atoms with Crippen molar-refractivity contribution < 1.29 is 9.53 Å². The molecule has 2 aliphatic rings. The SMILES string of the molecule is C[C@@H](C(=O)N1CCOCC1)N1CCN(CCCC(C)(C)C#N)CC1. The number of carbonyl (C=O) groups excluding carboxylic acids is 1. The summed E-state index contributed by atoms with van der Waals surface area (Å²) in [5.41, 5.74) is -0.221. The predicted octanol–water partition coefficient (Wildman–Crippen LogP) is 1.18. The molecule has 2 fully saturated rings. The molecular weight excluding hydrogens is 304 g/mol. The first-order valence-corrected chi connectivity index (χ1v) is 9.17. The molecule has 0 saturated carbocycles. The van der Waals surface area contributed by atoms with E-state index >= 15 is 0 Å². The Balaban J connectivity index is 1.70. The van der Waals surface area contributed by atoms with E-state index in [0.29, 0.717) is 13.2 Å². The largest absolute Gasteiger partial charge is 0.378 e. The highest BCUT2D eigenvalue weighted by Gasteiger charge is 2.29. The van der Waals surface area contributed by atoms with Gasteiger partial charge in [0.15, 0.2) is 0 Å². The molecule has 0 bridgehead atoms. The van der Waals surface area contributed by atoms with Crippen molar-refractivity contribution in [3.05, 3.63) is 0 Å². The lowest BCUT2D eigenvalue weighted by molar-refractivity contribution is -0.141. The lowest BCUT2D eigenvalue weighted by atomic mass is 9.90. The molecule has 0 aromatic rings. The van der Waals surface area contributed by atoms with Crippen LogP contribution >= 0.6 is 0 Å². The van der Waals surface area contributed by atoms with Crippen LogP contribution in [0, 0.1) is 16.7 Å². The van der Waals surface area contributed by atoms with Crippen LogP contribution in [-0.2, 0) is 9.53 Å². The molecule has 0 unspecified atom stereocenters. The summed E-state index contributed by atoms with van der Waals surface area (Å²) in [4.78, 5) is 19.3. The number of rotatable bonds is 6. The zero-order chi connectivity index (χ0) is 17.6. The summed E-state index contributed by atoms with van der Waals surface area (Å²) in [6, 6.07) is 2.33. The third-order valence-electron chi connectivity index (χ3n) is 5.21. The van der Waals surface area contributed by atoms with Gasteiger partial charge in [-0.15, -0.1) is 0 Å². The van der Waals surface area contributed by atoms with Crippen molar-refractivity contribution in [2.75, 3.05) is 59.0 Å². The third-order valence-corrected chi connectivity index (χ3v) is 5.21. The number of nitriles is 1. The fourth-order valence-electron chi connectivity index (χ4n) is 3.38. The number of morpholine rings is 1. The molecule has 6 heteroatoms. The van der Waals surface area contributed by atoms with Crippen molar-refractivity contribution in [2.24, 2.45) is 5.41 Å². The minimum Gasteiger partial charge on any atom is -0.378 e. The van der Waals surface area contributed by atoms with Crippen LogP contribution in [0.1, 0.15) is 33.6 Å². The number of piperazine rings is 1. The van der Waals surface area contributed by atoms with Crippen molar-refractivity contribution in [3.8, 4) is 6.07 Å². The maximum atomic E-state index is 12.6. The van der Waals surface area contributed by atoms with Crippen LogP contribution in [0.4, 0.5) is 0 Å². The van der Waals surface area contributed by atoms with Gasteiger partial charge in [0.05, 0.1) is 30.7 Å². The first-order valence-electron chi connectivity index (χ1n) is 9.17. The molecule has 2 aliphatic heterocycles. The standard InChI is InChI=1S/C18H32N4O2/c1-16(17(23)22-11-13-24-14-12-22)21-9-7-20(8-10-21)6-4-5-18(2,3)15-19/h16H,4-14H2,1-3H3/t16-/m0/s1. The first-order chi connectivity index (χ1) is 11.4. The molecule has 1 amide bonds. The summed E-state index contributed by atoms with van der Waals surface area (Å²) in [6.07, 6.45) is 2.00. The average molecular weight is 336 g/mol. The fourth-order valence-corrected chi connectivity index (χ4v) is 3.38. The highest BCUT2D eigenvalue weighted by Crippen LogP contribution is 2.21. The Hall–Kier alpha value is -1.16. The average Bonchev–Trinajstić information content (AvgIpc) is 2.61. The minimum absolute atomic E-state index is 0.0391. The normalized spacial score (nSPS) is 22.2. The Morgan fingerprint density at radius 3 is 2.38 bits per heavy atom. The summed E-state index contributed by atoms with van der Waals surface area (Å²) in [5.74, 6) is 0.238. The molecule has 6 nitrogen and oxygen atoms in total. The summed E-state index contributed by atoms with van der Waals surface area (Å²) >= 11 is 0. The van der Waals surface area contributed by atoms with E-state index in [-0.39, 0.29) is 17.4 Å². The quantitative estimate of drug-likeness (QED) is 0.729. The van der Waals surface area contributed by atoms with Gasteiger partial charge in [-0.2, -0.15) is 5.26 Å². The molecule has 2 heterocycles. The van der Waals surface area contributed by atoms with Gasteiger partial charge in [-0.25, -0.2) is 0 Å². The highest BCUT2D eigenvalue weighted by atomic mass is 16.5. The van der Waals surface area contributed by atoms with Crippen LogP contribution in [0.15, 0.2) is 0 Å². The number of carbonyl (C=O) groups is 1. The number of hydrogen-bond acceptors (Lipinski definition) is 5. The van der Waals surface area contributed by atoms with E-state index < -0.39 is 0 Å². The van der Waals surface area contributed by atoms with Crippen molar-refractivity contribution >= 4 is 5.91 Å². The van der Waals surface area contributed by atoms with E-state index in [2.05, 4.69) is 15.9 Å². The third kappa shape index (κ3) is 5.44. The Morgan fingerprint density at radius 1 is 1.17 bits per heavy atom. The summed E-state index contributed by atoms with van der Waals surface area (Å²) in [5, 5.41) is 9.07. The summed E-state index contributed by atoms with van der Waals surface area (Å²) < 4.78 is 5.32. The van der Waals surface area contributed by atoms with Gasteiger partial charge in [0.2, 0.25) is 5.91 Å². The first kappa shape index (κ1) is 19.2. The second kappa shape index (κ2) is 8.80. The second-order valence-electron chi connectivity index (χ2n) is 7.59. The number of hydrogen-bond donors (Lipinski definition) is 0. The molecule has 2 saturated heterocycles. The summed E-state index contributed by atoms with van der Waals surface area (Å²) in [6.45, 7) is 13.7. The molecule has 0 N–H and O–H groups in total. The number of amides is 1. The second-order valence-corrected chi connectivity index (χ2v) is 7.59. The van der Waals surface area contributed by atoms with E-state index in [9.17, 15) is 4.79 Å². The Kier molecular flexibility index (Phi) is 7.02. The van der Waals surface area contributed by atoms with Crippen LogP contribution in [0.5, 0.6) is 0 Å². The number of ether oxygens (including phenoxy) is 1. The van der Waals surface area contributed by atoms with Crippen LogP contribution in [-0.4, -0.2) is 85.7 Å². The van der Waals surface area contributed by atoms with Gasteiger partial charge in [-0.3, -0.25) is 9.69 Å². The molecule has 136 valence electrons. The van der Waals surface area contributed by atoms with Crippen LogP contribution in [0.3, 0.4) is 0 Å². The van der Waals surface area contributed by atoms with Gasteiger partial charge in [0.25, 0.3) is 0 Å². The lowest BCUT2D eigenvalue weighted by Gasteiger charge is -2.39. The van der Waals surface area contributed by atoms with Crippen molar-refractivity contribution in [2.45, 2.75) is 39.7 Å². The van der Waals surface area contributed by atoms with Gasteiger partial charge in [0, 0.05) is 39.3 Å². The van der Waals surface area contributed by atoms with Gasteiger partial charge in [-0.05, 0) is 40.2 Å².